The number of carboxylic acid groups (broad SMARTS) is 1. The average molecular weight is 155 g/mol. The Balaban J connectivity index is 2.87. The van der Waals surface area contributed by atoms with Crippen molar-refractivity contribution in [1.82, 2.24) is 9.78 Å². The first-order valence-corrected chi connectivity index (χ1v) is 3.11. The van der Waals surface area contributed by atoms with Crippen LogP contribution >= 0.6 is 0 Å². The van der Waals surface area contributed by atoms with E-state index >= 15 is 0 Å². The molecule has 3 N–H and O–H groups in total. The quantitative estimate of drug-likeness (QED) is 0.622. The molecule has 0 aliphatic carbocycles. The minimum atomic E-state index is -0.920. The lowest BCUT2D eigenvalue weighted by atomic mass is 10.4. The van der Waals surface area contributed by atoms with Gasteiger partial charge in [0.2, 0.25) is 0 Å². The highest BCUT2D eigenvalue weighted by Crippen LogP contribution is 2.07. The van der Waals surface area contributed by atoms with Crippen LogP contribution in [-0.4, -0.2) is 20.9 Å². The molecule has 0 atom stereocenters. The van der Waals surface area contributed by atoms with Gasteiger partial charge in [-0.3, -0.25) is 9.48 Å². The molecule has 0 bridgehead atoms. The zero-order valence-electron chi connectivity index (χ0n) is 6.11. The Kier molecular flexibility index (Phi) is 1.80. The van der Waals surface area contributed by atoms with Crippen molar-refractivity contribution in [1.29, 1.82) is 0 Å². The fraction of sp³-hybridized carbons (Fsp3) is 0.333. The van der Waals surface area contributed by atoms with E-state index < -0.39 is 5.97 Å². The molecule has 5 nitrogen and oxygen atoms in total. The summed E-state index contributed by atoms with van der Waals surface area (Å²) >= 11 is 0. The summed E-state index contributed by atoms with van der Waals surface area (Å²) in [5, 5.41) is 12.2. The van der Waals surface area contributed by atoms with Crippen LogP contribution in [0.2, 0.25) is 0 Å². The van der Waals surface area contributed by atoms with Gasteiger partial charge in [0.1, 0.15) is 6.54 Å². The molecule has 1 heterocycles. The number of aliphatic carboxylic acids is 1. The topological polar surface area (TPSA) is 81.1 Å². The van der Waals surface area contributed by atoms with E-state index in [1.165, 1.54) is 10.9 Å². The van der Waals surface area contributed by atoms with Gasteiger partial charge >= 0.3 is 5.97 Å². The Morgan fingerprint density at radius 1 is 1.91 bits per heavy atom. The van der Waals surface area contributed by atoms with Crippen molar-refractivity contribution in [2.45, 2.75) is 13.5 Å². The van der Waals surface area contributed by atoms with Gasteiger partial charge in [-0.25, -0.2) is 0 Å². The first-order valence-electron chi connectivity index (χ1n) is 3.11. The molecule has 1 aromatic rings. The Hall–Kier alpha value is -1.52. The average Bonchev–Trinajstić information content (AvgIpc) is 2.18. The Labute approximate surface area is 63.4 Å². The van der Waals surface area contributed by atoms with Crippen molar-refractivity contribution < 1.29 is 9.90 Å². The Morgan fingerprint density at radius 2 is 2.55 bits per heavy atom. The fourth-order valence-corrected chi connectivity index (χ4v) is 0.748. The van der Waals surface area contributed by atoms with E-state index in [4.69, 9.17) is 10.8 Å². The monoisotopic (exact) mass is 155 g/mol. The van der Waals surface area contributed by atoms with Gasteiger partial charge in [0.25, 0.3) is 0 Å². The van der Waals surface area contributed by atoms with Crippen molar-refractivity contribution in [2.24, 2.45) is 0 Å². The summed E-state index contributed by atoms with van der Waals surface area (Å²) in [4.78, 5) is 10.2. The minimum Gasteiger partial charge on any atom is -0.480 e. The number of nitrogens with zero attached hydrogens (tertiary/aromatic N) is 2. The number of aromatic nitrogens is 2. The number of nitrogen functional groups attached to an aromatic ring is 1. The summed E-state index contributed by atoms with van der Waals surface area (Å²) in [5.74, 6) is -0.920. The highest BCUT2D eigenvalue weighted by Gasteiger charge is 2.05. The van der Waals surface area contributed by atoms with Gasteiger partial charge < -0.3 is 10.8 Å². The van der Waals surface area contributed by atoms with E-state index in [1.54, 1.807) is 6.92 Å². The van der Waals surface area contributed by atoms with Crippen LogP contribution in [-0.2, 0) is 11.3 Å². The van der Waals surface area contributed by atoms with Gasteiger partial charge in [0.05, 0.1) is 17.6 Å². The number of hydrogen-bond donors (Lipinski definition) is 2. The highest BCUT2D eigenvalue weighted by atomic mass is 16.4. The second kappa shape index (κ2) is 2.61. The number of anilines is 1. The van der Waals surface area contributed by atoms with Gasteiger partial charge in [0.15, 0.2) is 0 Å². The standard InChI is InChI=1S/C6H9N3O2/c1-4-5(7)2-8-9(4)3-6(10)11/h2H,3,7H2,1H3,(H,10,11). The molecule has 1 rings (SSSR count). The molecule has 0 unspecified atom stereocenters. The summed E-state index contributed by atoms with van der Waals surface area (Å²) in [7, 11) is 0. The van der Waals surface area contributed by atoms with Gasteiger partial charge in [-0.2, -0.15) is 5.10 Å². The van der Waals surface area contributed by atoms with Gasteiger partial charge in [0, 0.05) is 0 Å². The van der Waals surface area contributed by atoms with Gasteiger partial charge in [-0.1, -0.05) is 0 Å². The summed E-state index contributed by atoms with van der Waals surface area (Å²) in [6.07, 6.45) is 1.44. The first-order chi connectivity index (χ1) is 5.11. The van der Waals surface area contributed by atoms with E-state index in [0.717, 1.165) is 0 Å². The molecule has 0 fully saturated rings. The van der Waals surface area contributed by atoms with Crippen LogP contribution < -0.4 is 5.73 Å². The van der Waals surface area contributed by atoms with Gasteiger partial charge in [-0.05, 0) is 6.92 Å². The second-order valence-corrected chi connectivity index (χ2v) is 2.24. The van der Waals surface area contributed by atoms with E-state index in [0.29, 0.717) is 11.4 Å². The van der Waals surface area contributed by atoms with Crippen LogP contribution in [0.4, 0.5) is 5.69 Å². The van der Waals surface area contributed by atoms with Crippen LogP contribution in [0.3, 0.4) is 0 Å². The summed E-state index contributed by atoms with van der Waals surface area (Å²) in [5.41, 5.74) is 6.65. The molecule has 60 valence electrons. The normalized spacial score (nSPS) is 9.91. The number of rotatable bonds is 2. The third-order valence-corrected chi connectivity index (χ3v) is 1.43. The number of carbonyl (C=O) groups is 1. The SMILES string of the molecule is Cc1c(N)cnn1CC(=O)O. The number of carboxylic acids is 1. The van der Waals surface area contributed by atoms with Crippen molar-refractivity contribution in [3.63, 3.8) is 0 Å². The molecule has 0 saturated carbocycles. The van der Waals surface area contributed by atoms with Crippen molar-refractivity contribution in [3.05, 3.63) is 11.9 Å². The molecule has 1 aromatic heterocycles. The zero-order valence-corrected chi connectivity index (χ0v) is 6.11. The van der Waals surface area contributed by atoms with E-state index in [-0.39, 0.29) is 6.54 Å². The largest absolute Gasteiger partial charge is 0.480 e. The maximum absolute atomic E-state index is 10.2. The van der Waals surface area contributed by atoms with E-state index in [2.05, 4.69) is 5.10 Å². The lowest BCUT2D eigenvalue weighted by molar-refractivity contribution is -0.137. The molecule has 0 radical (unpaired) electrons. The van der Waals surface area contributed by atoms with Crippen LogP contribution in [0.1, 0.15) is 5.69 Å². The lowest BCUT2D eigenvalue weighted by Gasteiger charge is -1.98. The molecule has 0 spiro atoms. The maximum Gasteiger partial charge on any atom is 0.325 e. The summed E-state index contributed by atoms with van der Waals surface area (Å²) in [6, 6.07) is 0. The fourth-order valence-electron chi connectivity index (χ4n) is 0.748. The Morgan fingerprint density at radius 3 is 2.91 bits per heavy atom. The maximum atomic E-state index is 10.2. The third kappa shape index (κ3) is 1.49. The van der Waals surface area contributed by atoms with Crippen molar-refractivity contribution >= 4 is 11.7 Å². The van der Waals surface area contributed by atoms with E-state index in [9.17, 15) is 4.79 Å². The molecular formula is C6H9N3O2. The zero-order chi connectivity index (χ0) is 8.43. The first kappa shape index (κ1) is 7.59. The molecule has 0 aliphatic rings. The molecular weight excluding hydrogens is 146 g/mol. The smallest absolute Gasteiger partial charge is 0.325 e. The summed E-state index contributed by atoms with van der Waals surface area (Å²) < 4.78 is 1.34. The molecule has 5 heteroatoms. The predicted molar refractivity (Wildman–Crippen MR) is 39.0 cm³/mol. The molecule has 0 amide bonds. The highest BCUT2D eigenvalue weighted by molar-refractivity contribution is 5.66. The summed E-state index contributed by atoms with van der Waals surface area (Å²) in [6.45, 7) is 1.59. The van der Waals surface area contributed by atoms with Crippen LogP contribution in [0.5, 0.6) is 0 Å². The lowest BCUT2D eigenvalue weighted by Crippen LogP contribution is -2.11. The van der Waals surface area contributed by atoms with Crippen LogP contribution in [0.25, 0.3) is 0 Å². The Bertz CT molecular complexity index is 279. The van der Waals surface area contributed by atoms with E-state index in [1.807, 2.05) is 0 Å². The third-order valence-electron chi connectivity index (χ3n) is 1.43. The van der Waals surface area contributed by atoms with Crippen molar-refractivity contribution in [3.8, 4) is 0 Å². The second-order valence-electron chi connectivity index (χ2n) is 2.24. The minimum absolute atomic E-state index is 0.136. The van der Waals surface area contributed by atoms with Crippen LogP contribution in [0, 0.1) is 6.92 Å². The van der Waals surface area contributed by atoms with Gasteiger partial charge in [-0.15, -0.1) is 0 Å². The number of nitrogens with two attached hydrogens (primary N) is 1. The molecule has 0 aromatic carbocycles. The predicted octanol–water partition coefficient (Wildman–Crippen LogP) is -0.142. The molecule has 11 heavy (non-hydrogen) atoms. The number of hydrogen-bond acceptors (Lipinski definition) is 3. The van der Waals surface area contributed by atoms with Crippen molar-refractivity contribution in [2.75, 3.05) is 5.73 Å². The molecule has 0 aliphatic heterocycles. The van der Waals surface area contributed by atoms with Crippen LogP contribution in [0.15, 0.2) is 6.20 Å². The molecule has 0 saturated heterocycles.